The van der Waals surface area contributed by atoms with Crippen LogP contribution in [0.4, 0.5) is 0 Å². The maximum atomic E-state index is 12.6. The molecular weight excluding hydrogens is 450 g/mol. The second-order valence-electron chi connectivity index (χ2n) is 13.3. The van der Waals surface area contributed by atoms with E-state index in [2.05, 4.69) is 29.4 Å². The summed E-state index contributed by atoms with van der Waals surface area (Å²) in [6.45, 7) is 6.94. The molecule has 0 radical (unpaired) electrons. The van der Waals surface area contributed by atoms with Gasteiger partial charge in [0, 0.05) is 36.9 Å². The predicted octanol–water partition coefficient (Wildman–Crippen LogP) is 5.00. The Kier molecular flexibility index (Phi) is 6.50. The summed E-state index contributed by atoms with van der Waals surface area (Å²) in [5.41, 5.74) is -0.146. The third-order valence-corrected chi connectivity index (χ3v) is 12.3. The van der Waals surface area contributed by atoms with Gasteiger partial charge in [0.15, 0.2) is 0 Å². The van der Waals surface area contributed by atoms with Gasteiger partial charge in [0.25, 0.3) is 0 Å². The smallest absolute Gasteiger partial charge is 0.102 e. The monoisotopic (exact) mass is 497 g/mol. The van der Waals surface area contributed by atoms with Gasteiger partial charge in [-0.3, -0.25) is 0 Å². The van der Waals surface area contributed by atoms with E-state index in [0.717, 1.165) is 44.3 Å². The van der Waals surface area contributed by atoms with E-state index in [1.807, 2.05) is 19.4 Å². The zero-order valence-electron chi connectivity index (χ0n) is 22.7. The molecule has 5 fully saturated rings. The highest BCUT2D eigenvalue weighted by Gasteiger charge is 2.72. The van der Waals surface area contributed by atoms with Crippen LogP contribution in [0.15, 0.2) is 18.5 Å². The van der Waals surface area contributed by atoms with Crippen molar-refractivity contribution in [3.63, 3.8) is 0 Å². The normalized spacial score (nSPS) is 48.3. The van der Waals surface area contributed by atoms with E-state index in [1.54, 1.807) is 6.20 Å². The Morgan fingerprint density at radius 2 is 1.92 bits per heavy atom. The van der Waals surface area contributed by atoms with Crippen LogP contribution >= 0.6 is 0 Å². The zero-order chi connectivity index (χ0) is 25.0. The zero-order valence-corrected chi connectivity index (χ0v) is 22.7. The number of aromatic nitrogens is 2. The fourth-order valence-corrected chi connectivity index (χ4v) is 10.2. The highest BCUT2D eigenvalue weighted by Crippen LogP contribution is 2.72. The van der Waals surface area contributed by atoms with Crippen LogP contribution in [-0.4, -0.2) is 53.3 Å². The summed E-state index contributed by atoms with van der Waals surface area (Å²) in [4.78, 5) is 0. The van der Waals surface area contributed by atoms with Crippen molar-refractivity contribution in [1.29, 1.82) is 0 Å². The van der Waals surface area contributed by atoms with E-state index in [0.29, 0.717) is 35.3 Å². The van der Waals surface area contributed by atoms with Crippen LogP contribution in [0.25, 0.3) is 0 Å². The summed E-state index contributed by atoms with van der Waals surface area (Å²) in [6, 6.07) is 2.71. The summed E-state index contributed by atoms with van der Waals surface area (Å²) in [5, 5.41) is 24.4. The van der Waals surface area contributed by atoms with Gasteiger partial charge in [0.1, 0.15) is 5.60 Å². The SMILES string of the molecule is CO[C@]1(c2ccnnc2)CC[C@]2(O)[C@@H]3CC[C@@H]4C[C@@H](OCCC5CCCN5)CC[C@]4(C)[C@H]3CC[C@]12C. The summed E-state index contributed by atoms with van der Waals surface area (Å²) in [6.07, 6.45) is 17.6. The minimum atomic E-state index is -0.704. The van der Waals surface area contributed by atoms with Crippen LogP contribution in [0.5, 0.6) is 0 Å². The first kappa shape index (κ1) is 25.2. The van der Waals surface area contributed by atoms with Crippen LogP contribution in [0.1, 0.15) is 96.5 Å². The third-order valence-electron chi connectivity index (χ3n) is 12.3. The van der Waals surface area contributed by atoms with E-state index < -0.39 is 11.2 Å². The number of fused-ring (bicyclic) bond motifs is 5. The maximum Gasteiger partial charge on any atom is 0.102 e. The van der Waals surface area contributed by atoms with Gasteiger partial charge in [-0.1, -0.05) is 13.8 Å². The highest BCUT2D eigenvalue weighted by molar-refractivity contribution is 5.31. The summed E-state index contributed by atoms with van der Waals surface area (Å²) < 4.78 is 12.8. The fourth-order valence-electron chi connectivity index (χ4n) is 10.2. The molecule has 200 valence electrons. The first-order chi connectivity index (χ1) is 17.4. The molecule has 1 saturated heterocycles. The van der Waals surface area contributed by atoms with Crippen molar-refractivity contribution in [2.75, 3.05) is 20.3 Å². The molecule has 0 aromatic carbocycles. The number of hydrogen-bond acceptors (Lipinski definition) is 6. The van der Waals surface area contributed by atoms with Crippen molar-refractivity contribution in [1.82, 2.24) is 15.5 Å². The molecule has 1 unspecified atom stereocenters. The standard InChI is InChI=1S/C30H47N3O3/c1-27-12-8-24(36-18-11-23-5-4-16-31-23)19-21(27)6-7-26-25(27)9-13-28(2)29(26,34)14-15-30(28,35-3)22-10-17-32-33-20-22/h10,17,20-21,23-26,31,34H,4-9,11-16,18-19H2,1-3H3/t21-,23?,24+,25+,26-,27+,28+,29+,30+/m1/s1. The molecule has 36 heavy (non-hydrogen) atoms. The van der Waals surface area contributed by atoms with Crippen molar-refractivity contribution in [2.24, 2.45) is 28.6 Å². The topological polar surface area (TPSA) is 76.5 Å². The van der Waals surface area contributed by atoms with Gasteiger partial charge in [-0.15, -0.1) is 0 Å². The minimum Gasteiger partial charge on any atom is -0.389 e. The molecule has 2 heterocycles. The fraction of sp³-hybridized carbons (Fsp3) is 0.867. The lowest BCUT2D eigenvalue weighted by molar-refractivity contribution is -0.244. The lowest BCUT2D eigenvalue weighted by Crippen LogP contribution is -2.64. The second kappa shape index (κ2) is 9.29. The maximum absolute atomic E-state index is 12.6. The van der Waals surface area contributed by atoms with Gasteiger partial charge < -0.3 is 19.9 Å². The second-order valence-corrected chi connectivity index (χ2v) is 13.3. The average molecular weight is 498 g/mol. The average Bonchev–Trinajstić information content (AvgIpc) is 3.49. The van der Waals surface area contributed by atoms with Gasteiger partial charge in [0.05, 0.1) is 17.9 Å². The third kappa shape index (κ3) is 3.57. The first-order valence-electron chi connectivity index (χ1n) is 14.8. The Labute approximate surface area is 217 Å². The molecule has 0 spiro atoms. The molecule has 1 aromatic rings. The molecule has 2 N–H and O–H groups in total. The van der Waals surface area contributed by atoms with Gasteiger partial charge in [-0.05, 0) is 113 Å². The Morgan fingerprint density at radius 3 is 2.67 bits per heavy atom. The van der Waals surface area contributed by atoms with Crippen molar-refractivity contribution >= 4 is 0 Å². The number of nitrogens with one attached hydrogen (secondary N) is 1. The van der Waals surface area contributed by atoms with Crippen LogP contribution in [0.3, 0.4) is 0 Å². The molecule has 1 aliphatic heterocycles. The predicted molar refractivity (Wildman–Crippen MR) is 139 cm³/mol. The molecule has 6 rings (SSSR count). The van der Waals surface area contributed by atoms with E-state index in [4.69, 9.17) is 9.47 Å². The van der Waals surface area contributed by atoms with Crippen molar-refractivity contribution in [2.45, 2.75) is 114 Å². The summed E-state index contributed by atoms with van der Waals surface area (Å²) in [5.74, 6) is 1.64. The van der Waals surface area contributed by atoms with Gasteiger partial charge in [0.2, 0.25) is 0 Å². The molecular formula is C30H47N3O3. The van der Waals surface area contributed by atoms with Crippen LogP contribution in [0, 0.1) is 28.6 Å². The molecule has 0 amide bonds. The van der Waals surface area contributed by atoms with E-state index in [1.165, 1.54) is 51.5 Å². The molecule has 6 heteroatoms. The molecule has 4 aliphatic carbocycles. The molecule has 1 aromatic heterocycles. The molecule has 6 nitrogen and oxygen atoms in total. The van der Waals surface area contributed by atoms with Crippen molar-refractivity contribution in [3.05, 3.63) is 24.0 Å². The molecule has 5 aliphatic rings. The molecule has 0 bridgehead atoms. The van der Waals surface area contributed by atoms with Crippen LogP contribution < -0.4 is 5.32 Å². The largest absolute Gasteiger partial charge is 0.389 e. The molecule has 4 saturated carbocycles. The lowest BCUT2D eigenvalue weighted by atomic mass is 9.43. The Morgan fingerprint density at radius 1 is 1.03 bits per heavy atom. The molecule has 9 atom stereocenters. The van der Waals surface area contributed by atoms with Crippen molar-refractivity contribution < 1.29 is 14.6 Å². The van der Waals surface area contributed by atoms with Gasteiger partial charge in [-0.2, -0.15) is 10.2 Å². The van der Waals surface area contributed by atoms with Crippen molar-refractivity contribution in [3.8, 4) is 0 Å². The quantitative estimate of drug-likeness (QED) is 0.576. The van der Waals surface area contributed by atoms with E-state index >= 15 is 0 Å². The van der Waals surface area contributed by atoms with Crippen LogP contribution in [-0.2, 0) is 15.1 Å². The lowest BCUT2D eigenvalue weighted by Gasteiger charge is -2.64. The number of hydrogen-bond donors (Lipinski definition) is 2. The highest BCUT2D eigenvalue weighted by atomic mass is 16.5. The van der Waals surface area contributed by atoms with E-state index in [9.17, 15) is 5.11 Å². The number of rotatable bonds is 6. The van der Waals surface area contributed by atoms with E-state index in [-0.39, 0.29) is 5.41 Å². The Balaban J connectivity index is 1.18. The van der Waals surface area contributed by atoms with Crippen LogP contribution in [0.2, 0.25) is 0 Å². The summed E-state index contributed by atoms with van der Waals surface area (Å²) in [7, 11) is 1.83. The number of ether oxygens (including phenoxy) is 2. The van der Waals surface area contributed by atoms with Gasteiger partial charge in [-0.25, -0.2) is 0 Å². The minimum absolute atomic E-state index is 0.309. The number of methoxy groups -OCH3 is 1. The number of aliphatic hydroxyl groups is 1. The first-order valence-corrected chi connectivity index (χ1v) is 14.8. The number of nitrogens with zero attached hydrogens (tertiary/aromatic N) is 2. The summed E-state index contributed by atoms with van der Waals surface area (Å²) >= 11 is 0. The Hall–Kier alpha value is -1.08. The Bertz CT molecular complexity index is 925. The van der Waals surface area contributed by atoms with Gasteiger partial charge >= 0.3 is 0 Å².